The van der Waals surface area contributed by atoms with E-state index in [0.29, 0.717) is 0 Å². The van der Waals surface area contributed by atoms with Gasteiger partial charge < -0.3 is 0 Å². The zero-order valence-electron chi connectivity index (χ0n) is 24.2. The largest absolute Gasteiger partial charge is 0.269 e. The molecule has 0 bridgehead atoms. The predicted molar refractivity (Wildman–Crippen MR) is 185 cm³/mol. The van der Waals surface area contributed by atoms with Crippen LogP contribution in [0.25, 0.3) is 60.1 Å². The predicted octanol–water partition coefficient (Wildman–Crippen LogP) is 11.6. The van der Waals surface area contributed by atoms with Crippen molar-refractivity contribution in [2.24, 2.45) is 4.99 Å². The summed E-state index contributed by atoms with van der Waals surface area (Å²) in [6.45, 7) is 16.0. The highest BCUT2D eigenvalue weighted by molar-refractivity contribution is 6.21. The van der Waals surface area contributed by atoms with Crippen LogP contribution in [0.2, 0.25) is 0 Å². The van der Waals surface area contributed by atoms with E-state index in [2.05, 4.69) is 153 Å². The van der Waals surface area contributed by atoms with E-state index in [4.69, 9.17) is 0 Å². The van der Waals surface area contributed by atoms with Gasteiger partial charge in [0.1, 0.15) is 0 Å². The third-order valence-corrected chi connectivity index (χ3v) is 8.14. The van der Waals surface area contributed by atoms with Gasteiger partial charge in [0.05, 0.1) is 0 Å². The zero-order valence-corrected chi connectivity index (χ0v) is 24.2. The van der Waals surface area contributed by atoms with Gasteiger partial charge in [-0.2, -0.15) is 0 Å². The van der Waals surface area contributed by atoms with Crippen LogP contribution in [0.1, 0.15) is 19.4 Å². The summed E-state index contributed by atoms with van der Waals surface area (Å²) in [4.78, 5) is 4.09. The summed E-state index contributed by atoms with van der Waals surface area (Å²) < 4.78 is 0. The molecule has 0 saturated carbocycles. The number of nitrogens with zero attached hydrogens (tertiary/aromatic N) is 1. The number of hydrogen-bond donors (Lipinski definition) is 0. The molecule has 0 heterocycles. The SMILES string of the molecule is C=CC(/C(C)=C/C(=C)c1ccc2ccc(-c3c4ccccc4c(-c4ccccc4)c4ccccc34)cc2c1)=C(/C)N=C. The highest BCUT2D eigenvalue weighted by Crippen LogP contribution is 2.44. The highest BCUT2D eigenvalue weighted by atomic mass is 14.7. The van der Waals surface area contributed by atoms with Gasteiger partial charge in [-0.05, 0) is 110 Å². The molecule has 0 saturated heterocycles. The molecule has 0 aliphatic carbocycles. The third-order valence-electron chi connectivity index (χ3n) is 8.14. The fourth-order valence-corrected chi connectivity index (χ4v) is 6.06. The summed E-state index contributed by atoms with van der Waals surface area (Å²) >= 11 is 0. The van der Waals surface area contributed by atoms with Crippen LogP contribution in [0, 0.1) is 0 Å². The molecule has 1 heteroatoms. The van der Waals surface area contributed by atoms with Gasteiger partial charge in [0, 0.05) is 5.70 Å². The second kappa shape index (κ2) is 11.3. The van der Waals surface area contributed by atoms with Crippen LogP contribution in [-0.2, 0) is 0 Å². The Bertz CT molecular complexity index is 2030. The maximum atomic E-state index is 4.40. The Hall–Kier alpha value is -5.27. The maximum absolute atomic E-state index is 4.40. The van der Waals surface area contributed by atoms with Gasteiger partial charge in [-0.15, -0.1) is 0 Å². The van der Waals surface area contributed by atoms with Gasteiger partial charge in [0.15, 0.2) is 0 Å². The molecule has 0 aliphatic rings. The number of allylic oxidation sites excluding steroid dienone is 6. The van der Waals surface area contributed by atoms with Crippen LogP contribution in [0.15, 0.2) is 162 Å². The first-order chi connectivity index (χ1) is 20.5. The smallest absolute Gasteiger partial charge is 0.0440 e. The molecule has 0 aliphatic heterocycles. The molecule has 6 aromatic rings. The van der Waals surface area contributed by atoms with Crippen molar-refractivity contribution < 1.29 is 0 Å². The minimum absolute atomic E-state index is 0.854. The van der Waals surface area contributed by atoms with Crippen molar-refractivity contribution in [1.82, 2.24) is 0 Å². The fourth-order valence-electron chi connectivity index (χ4n) is 6.06. The van der Waals surface area contributed by atoms with Gasteiger partial charge >= 0.3 is 0 Å². The van der Waals surface area contributed by atoms with Crippen molar-refractivity contribution in [3.8, 4) is 22.3 Å². The molecule has 0 atom stereocenters. The monoisotopic (exact) mass is 539 g/mol. The topological polar surface area (TPSA) is 12.4 Å². The Morgan fingerprint density at radius 3 is 1.74 bits per heavy atom. The second-order valence-corrected chi connectivity index (χ2v) is 10.7. The van der Waals surface area contributed by atoms with E-state index in [1.807, 2.05) is 13.0 Å². The lowest BCUT2D eigenvalue weighted by Crippen LogP contribution is -1.91. The van der Waals surface area contributed by atoms with E-state index in [1.165, 1.54) is 54.6 Å². The van der Waals surface area contributed by atoms with E-state index in [1.54, 1.807) is 0 Å². The quantitative estimate of drug-likeness (QED) is 0.109. The molecular weight excluding hydrogens is 506 g/mol. The Morgan fingerprint density at radius 2 is 1.17 bits per heavy atom. The number of hydrogen-bond acceptors (Lipinski definition) is 1. The van der Waals surface area contributed by atoms with Gasteiger partial charge in [0.2, 0.25) is 0 Å². The average Bonchev–Trinajstić information content (AvgIpc) is 3.03. The molecular formula is C41H33N. The van der Waals surface area contributed by atoms with Crippen molar-refractivity contribution in [1.29, 1.82) is 0 Å². The molecule has 0 amide bonds. The van der Waals surface area contributed by atoms with Gasteiger partial charge in [0.25, 0.3) is 0 Å². The van der Waals surface area contributed by atoms with Crippen molar-refractivity contribution in [2.75, 3.05) is 0 Å². The molecule has 0 unspecified atom stereocenters. The first-order valence-electron chi connectivity index (χ1n) is 14.2. The molecule has 1 nitrogen and oxygen atoms in total. The summed E-state index contributed by atoms with van der Waals surface area (Å²) in [6, 6.07) is 41.7. The standard InChI is InChI=1S/C41H33N/c1-6-35(29(4)42-5)28(3)24-27(2)32-22-20-30-21-23-33(26-34(30)25-32)41-38-18-12-10-16-36(38)40(31-14-8-7-9-15-31)37-17-11-13-19-39(37)41/h6-26H,1-2,5H2,3-4H3/b28-24+,35-29+. The normalized spacial score (nSPS) is 12.4. The molecule has 0 fully saturated rings. The van der Waals surface area contributed by atoms with Gasteiger partial charge in [-0.25, -0.2) is 0 Å². The van der Waals surface area contributed by atoms with Crippen molar-refractivity contribution >= 4 is 44.6 Å². The molecule has 202 valence electrons. The first-order valence-corrected chi connectivity index (χ1v) is 14.2. The Labute approximate surface area is 248 Å². The van der Waals surface area contributed by atoms with E-state index in [-0.39, 0.29) is 0 Å². The van der Waals surface area contributed by atoms with Gasteiger partial charge in [-0.3, -0.25) is 4.99 Å². The lowest BCUT2D eigenvalue weighted by atomic mass is 9.85. The number of benzene rings is 6. The zero-order chi connectivity index (χ0) is 29.2. The third kappa shape index (κ3) is 4.80. The van der Waals surface area contributed by atoms with E-state index >= 15 is 0 Å². The van der Waals surface area contributed by atoms with Crippen LogP contribution < -0.4 is 0 Å². The minimum atomic E-state index is 0.854. The molecule has 6 aromatic carbocycles. The molecule has 0 N–H and O–H groups in total. The van der Waals surface area contributed by atoms with Crippen molar-refractivity contribution in [3.05, 3.63) is 163 Å². The van der Waals surface area contributed by atoms with Crippen molar-refractivity contribution in [3.63, 3.8) is 0 Å². The van der Waals surface area contributed by atoms with Gasteiger partial charge in [-0.1, -0.05) is 128 Å². The number of fused-ring (bicyclic) bond motifs is 3. The Kier molecular flexibility index (Phi) is 7.25. The van der Waals surface area contributed by atoms with E-state index in [9.17, 15) is 0 Å². The van der Waals surface area contributed by atoms with Crippen LogP contribution in [0.5, 0.6) is 0 Å². The summed E-state index contributed by atoms with van der Waals surface area (Å²) in [5.74, 6) is 0. The number of aliphatic imine (C=N–C) groups is 1. The summed E-state index contributed by atoms with van der Waals surface area (Å²) in [7, 11) is 0. The molecule has 0 radical (unpaired) electrons. The maximum Gasteiger partial charge on any atom is 0.0440 e. The first kappa shape index (κ1) is 26.9. The van der Waals surface area contributed by atoms with Crippen molar-refractivity contribution in [2.45, 2.75) is 13.8 Å². The van der Waals surface area contributed by atoms with Crippen LogP contribution in [-0.4, -0.2) is 6.72 Å². The second-order valence-electron chi connectivity index (χ2n) is 10.7. The fraction of sp³-hybridized carbons (Fsp3) is 0.0488. The molecule has 0 aromatic heterocycles. The lowest BCUT2D eigenvalue weighted by Gasteiger charge is -2.18. The summed E-state index contributed by atoms with van der Waals surface area (Å²) in [5, 5.41) is 7.41. The highest BCUT2D eigenvalue weighted by Gasteiger charge is 2.16. The molecule has 6 rings (SSSR count). The molecule has 42 heavy (non-hydrogen) atoms. The van der Waals surface area contributed by atoms with E-state index < -0.39 is 0 Å². The van der Waals surface area contributed by atoms with Crippen LogP contribution >= 0.6 is 0 Å². The summed E-state index contributed by atoms with van der Waals surface area (Å²) in [6.07, 6.45) is 3.92. The van der Waals surface area contributed by atoms with E-state index in [0.717, 1.165) is 28.0 Å². The molecule has 0 spiro atoms. The summed E-state index contributed by atoms with van der Waals surface area (Å²) in [5.41, 5.74) is 9.89. The van der Waals surface area contributed by atoms with Crippen LogP contribution in [0.3, 0.4) is 0 Å². The lowest BCUT2D eigenvalue weighted by molar-refractivity contribution is 1.24. The Balaban J connectivity index is 1.54. The Morgan fingerprint density at radius 1 is 0.619 bits per heavy atom. The number of rotatable bonds is 7. The minimum Gasteiger partial charge on any atom is -0.269 e. The average molecular weight is 540 g/mol. The van der Waals surface area contributed by atoms with Crippen LogP contribution in [0.4, 0.5) is 0 Å².